The summed E-state index contributed by atoms with van der Waals surface area (Å²) in [6, 6.07) is 8.02. The van der Waals surface area contributed by atoms with Crippen molar-refractivity contribution in [2.75, 3.05) is 13.1 Å². The van der Waals surface area contributed by atoms with E-state index in [1.54, 1.807) is 31.3 Å². The van der Waals surface area contributed by atoms with Crippen LogP contribution in [0.3, 0.4) is 0 Å². The first-order chi connectivity index (χ1) is 15.0. The van der Waals surface area contributed by atoms with Gasteiger partial charge in [0, 0.05) is 48.6 Å². The van der Waals surface area contributed by atoms with Crippen LogP contribution < -0.4 is 0 Å². The van der Waals surface area contributed by atoms with Crippen LogP contribution in [0, 0.1) is 11.7 Å². The lowest BCUT2D eigenvalue weighted by molar-refractivity contribution is -0.126. The van der Waals surface area contributed by atoms with Gasteiger partial charge in [0.2, 0.25) is 0 Å². The third kappa shape index (κ3) is 5.52. The normalized spacial score (nSPS) is 21.9. The Kier molecular flexibility index (Phi) is 7.02. The largest absolute Gasteiger partial charge is 0.297 e. The number of allylic oxidation sites excluding steroid dienone is 1. The maximum atomic E-state index is 14.7. The molecule has 1 aliphatic heterocycles. The predicted octanol–water partition coefficient (Wildman–Crippen LogP) is 4.48. The fourth-order valence-corrected chi connectivity index (χ4v) is 5.24. The van der Waals surface area contributed by atoms with Crippen molar-refractivity contribution in [3.05, 3.63) is 65.3 Å². The number of nitrogens with one attached hydrogen (secondary N) is 1. The molecule has 0 amide bonds. The summed E-state index contributed by atoms with van der Waals surface area (Å²) in [6.45, 7) is 2.84. The van der Waals surface area contributed by atoms with Gasteiger partial charge in [0.1, 0.15) is 5.82 Å². The molecule has 2 unspecified atom stereocenters. The molecule has 2 fully saturated rings. The molecule has 2 atom stereocenters. The van der Waals surface area contributed by atoms with Crippen molar-refractivity contribution in [3.8, 4) is 0 Å². The van der Waals surface area contributed by atoms with E-state index in [9.17, 15) is 14.0 Å². The van der Waals surface area contributed by atoms with Crippen LogP contribution in [0.4, 0.5) is 4.39 Å². The third-order valence-electron chi connectivity index (χ3n) is 5.98. The Balaban J connectivity index is 1.56. The second-order valence-corrected chi connectivity index (χ2v) is 9.74. The molecule has 4 rings (SSSR count). The highest BCUT2D eigenvalue weighted by Crippen LogP contribution is 2.40. The van der Waals surface area contributed by atoms with Gasteiger partial charge >= 0.3 is 0 Å². The zero-order valence-electron chi connectivity index (χ0n) is 17.7. The van der Waals surface area contributed by atoms with E-state index in [-0.39, 0.29) is 27.9 Å². The number of carbonyl (C=O) groups is 2. The fraction of sp³-hybridized carbons (Fsp3) is 0.458. The third-order valence-corrected chi connectivity index (χ3v) is 7.13. The molecular formula is C24H28FN3O2S. The number of hydrogen-bond donors (Lipinski definition) is 1. The molecule has 0 radical (unpaired) electrons. The maximum Gasteiger partial charge on any atom is 0.186 e. The van der Waals surface area contributed by atoms with Crippen LogP contribution in [-0.2, 0) is 16.0 Å². The Morgan fingerprint density at radius 1 is 1.29 bits per heavy atom. The molecule has 1 aliphatic carbocycles. The SMILES string of the molecule is CC(=O)SC1CCN(C(C(=O)C2CC2)c2ccccc2F)C/C1=C\CCc1ccn[nH]1. The topological polar surface area (TPSA) is 66.1 Å². The lowest BCUT2D eigenvalue weighted by Gasteiger charge is -2.38. The number of ketones is 1. The molecule has 2 aliphatic rings. The van der Waals surface area contributed by atoms with E-state index in [2.05, 4.69) is 21.2 Å². The lowest BCUT2D eigenvalue weighted by Crippen LogP contribution is -2.43. The Labute approximate surface area is 186 Å². The van der Waals surface area contributed by atoms with Crippen molar-refractivity contribution in [1.29, 1.82) is 0 Å². The van der Waals surface area contributed by atoms with E-state index in [0.29, 0.717) is 18.7 Å². The number of rotatable bonds is 8. The highest BCUT2D eigenvalue weighted by Gasteiger charge is 2.41. The molecule has 1 saturated heterocycles. The van der Waals surface area contributed by atoms with Crippen LogP contribution in [0.15, 0.2) is 48.2 Å². The average Bonchev–Trinajstić information content (AvgIpc) is 3.47. The number of H-pyrrole nitrogens is 1. The molecule has 2 aromatic rings. The van der Waals surface area contributed by atoms with Crippen LogP contribution >= 0.6 is 11.8 Å². The standard InChI is InChI=1S/C24H28FN3O2S/c1-16(29)31-22-12-14-28(15-18(22)5-4-6-19-11-13-26-27-19)23(24(30)17-9-10-17)20-7-2-3-8-21(20)25/h2-3,5,7-8,11,13,17,22-23H,4,6,9-10,12,14-15H2,1H3,(H,26,27)/b18-5+. The highest BCUT2D eigenvalue weighted by molar-refractivity contribution is 8.14. The zero-order valence-corrected chi connectivity index (χ0v) is 18.5. The molecule has 1 saturated carbocycles. The summed E-state index contributed by atoms with van der Waals surface area (Å²) in [5.74, 6) is -0.159. The zero-order chi connectivity index (χ0) is 21.8. The van der Waals surface area contributed by atoms with Crippen molar-refractivity contribution in [2.45, 2.75) is 50.3 Å². The van der Waals surface area contributed by atoms with Crippen LogP contribution in [-0.4, -0.2) is 44.3 Å². The van der Waals surface area contributed by atoms with E-state index in [1.807, 2.05) is 6.07 Å². The number of likely N-dealkylation sites (tertiary alicyclic amines) is 1. The molecule has 0 spiro atoms. The molecule has 1 aromatic carbocycles. The number of aromatic nitrogens is 2. The van der Waals surface area contributed by atoms with Crippen molar-refractivity contribution < 1.29 is 14.0 Å². The second kappa shape index (κ2) is 9.92. The van der Waals surface area contributed by atoms with Crippen molar-refractivity contribution in [2.24, 2.45) is 5.92 Å². The van der Waals surface area contributed by atoms with Gasteiger partial charge in [-0.15, -0.1) is 0 Å². The van der Waals surface area contributed by atoms with Crippen LogP contribution in [0.25, 0.3) is 0 Å². The van der Waals surface area contributed by atoms with E-state index in [4.69, 9.17) is 0 Å². The Morgan fingerprint density at radius 3 is 2.77 bits per heavy atom. The number of halogens is 1. The number of aromatic amines is 1. The van der Waals surface area contributed by atoms with Crippen molar-refractivity contribution in [3.63, 3.8) is 0 Å². The second-order valence-electron chi connectivity index (χ2n) is 8.36. The van der Waals surface area contributed by atoms with Gasteiger partial charge in [0.25, 0.3) is 0 Å². The molecule has 31 heavy (non-hydrogen) atoms. The van der Waals surface area contributed by atoms with E-state index in [1.165, 1.54) is 17.8 Å². The quantitative estimate of drug-likeness (QED) is 0.612. The summed E-state index contributed by atoms with van der Waals surface area (Å²) in [6.07, 6.45) is 8.14. The maximum absolute atomic E-state index is 14.7. The first kappa shape index (κ1) is 22.0. The first-order valence-corrected chi connectivity index (χ1v) is 11.8. The smallest absolute Gasteiger partial charge is 0.186 e. The number of piperidine rings is 1. The molecule has 164 valence electrons. The predicted molar refractivity (Wildman–Crippen MR) is 120 cm³/mol. The van der Waals surface area contributed by atoms with Crippen molar-refractivity contribution >= 4 is 22.7 Å². The number of benzene rings is 1. The Hall–Kier alpha value is -2.25. The Morgan fingerprint density at radius 2 is 2.10 bits per heavy atom. The number of Topliss-reactive ketones (excluding diaryl/α,β-unsaturated/α-hetero) is 1. The molecule has 1 aromatic heterocycles. The van der Waals surface area contributed by atoms with E-state index >= 15 is 0 Å². The summed E-state index contributed by atoms with van der Waals surface area (Å²) >= 11 is 1.36. The lowest BCUT2D eigenvalue weighted by atomic mass is 9.93. The van der Waals surface area contributed by atoms with Gasteiger partial charge in [-0.1, -0.05) is 36.0 Å². The monoisotopic (exact) mass is 441 g/mol. The van der Waals surface area contributed by atoms with Gasteiger partial charge in [-0.25, -0.2) is 4.39 Å². The molecular weight excluding hydrogens is 413 g/mol. The molecule has 1 N–H and O–H groups in total. The number of hydrogen-bond acceptors (Lipinski definition) is 5. The minimum atomic E-state index is -0.562. The summed E-state index contributed by atoms with van der Waals surface area (Å²) in [4.78, 5) is 27.1. The first-order valence-electron chi connectivity index (χ1n) is 10.9. The van der Waals surface area contributed by atoms with Crippen molar-refractivity contribution in [1.82, 2.24) is 15.1 Å². The van der Waals surface area contributed by atoms with Gasteiger partial charge in [0.05, 0.1) is 6.04 Å². The number of thioether (sulfide) groups is 1. The fourth-order valence-electron chi connectivity index (χ4n) is 4.29. The number of aryl methyl sites for hydroxylation is 1. The van der Waals surface area contributed by atoms with Crippen LogP contribution in [0.1, 0.15) is 49.9 Å². The van der Waals surface area contributed by atoms with Gasteiger partial charge in [-0.2, -0.15) is 5.10 Å². The average molecular weight is 442 g/mol. The minimum Gasteiger partial charge on any atom is -0.297 e. The highest BCUT2D eigenvalue weighted by atomic mass is 32.2. The van der Waals surface area contributed by atoms with Gasteiger partial charge in [0.15, 0.2) is 10.9 Å². The summed E-state index contributed by atoms with van der Waals surface area (Å²) in [5, 5.41) is 7.16. The van der Waals surface area contributed by atoms with E-state index in [0.717, 1.165) is 43.4 Å². The van der Waals surface area contributed by atoms with Crippen LogP contribution in [0.2, 0.25) is 0 Å². The number of nitrogens with zero attached hydrogens (tertiary/aromatic N) is 2. The van der Waals surface area contributed by atoms with Gasteiger partial charge in [-0.05, 0) is 49.8 Å². The van der Waals surface area contributed by atoms with E-state index < -0.39 is 6.04 Å². The number of carbonyl (C=O) groups excluding carboxylic acids is 2. The van der Waals surface area contributed by atoms with Crippen LogP contribution in [0.5, 0.6) is 0 Å². The van der Waals surface area contributed by atoms with Gasteiger partial charge in [-0.3, -0.25) is 19.6 Å². The summed E-state index contributed by atoms with van der Waals surface area (Å²) in [5.41, 5.74) is 2.68. The Bertz CT molecular complexity index is 955. The molecule has 7 heteroatoms. The summed E-state index contributed by atoms with van der Waals surface area (Å²) in [7, 11) is 0. The molecule has 2 heterocycles. The molecule has 5 nitrogen and oxygen atoms in total. The minimum absolute atomic E-state index is 0.0433. The molecule has 0 bridgehead atoms. The summed E-state index contributed by atoms with van der Waals surface area (Å²) < 4.78 is 14.7. The van der Waals surface area contributed by atoms with Gasteiger partial charge < -0.3 is 0 Å².